The van der Waals surface area contributed by atoms with Gasteiger partial charge in [-0.05, 0) is 24.1 Å². The van der Waals surface area contributed by atoms with Gasteiger partial charge in [-0.15, -0.1) is 0 Å². The first-order valence-corrected chi connectivity index (χ1v) is 6.54. The van der Waals surface area contributed by atoms with Gasteiger partial charge in [-0.2, -0.15) is 5.26 Å². The molecule has 0 aliphatic carbocycles. The smallest absolute Gasteiger partial charge is 0.261 e. The Balaban J connectivity index is 2.80. The van der Waals surface area contributed by atoms with Gasteiger partial charge in [0.2, 0.25) is 0 Å². The lowest BCUT2D eigenvalue weighted by Crippen LogP contribution is -2.26. The molecule has 0 atom stereocenters. The Morgan fingerprint density at radius 2 is 2.35 bits per heavy atom. The van der Waals surface area contributed by atoms with E-state index in [-0.39, 0.29) is 15.7 Å². The maximum Gasteiger partial charge on any atom is 0.261 e. The van der Waals surface area contributed by atoms with Crippen LogP contribution in [-0.4, -0.2) is 31.2 Å². The van der Waals surface area contributed by atoms with Crippen LogP contribution in [0.25, 0.3) is 6.08 Å². The molecule has 1 amide bonds. The number of carbonyl (C=O) groups excluding carboxylic acids is 1. The number of halogens is 2. The van der Waals surface area contributed by atoms with Crippen LogP contribution >= 0.6 is 23.2 Å². The third kappa shape index (κ3) is 4.82. The number of nitriles is 1. The molecule has 0 saturated carbocycles. The van der Waals surface area contributed by atoms with Crippen molar-refractivity contribution in [3.8, 4) is 6.07 Å². The number of nitrogens with one attached hydrogen (secondary N) is 1. The standard InChI is InChI=1S/C13H13Cl2N3O2/c1-20-6-2-4-18-13(19)10(8-16)7-9-3-5-17-12(15)11(9)14/h3,5,7H,2,4,6H2,1H3,(H,18,19). The van der Waals surface area contributed by atoms with E-state index in [2.05, 4.69) is 10.3 Å². The molecule has 0 radical (unpaired) electrons. The van der Waals surface area contributed by atoms with Crippen LogP contribution in [0, 0.1) is 11.3 Å². The first-order valence-electron chi connectivity index (χ1n) is 5.79. The molecule has 1 heterocycles. The highest BCUT2D eigenvalue weighted by molar-refractivity contribution is 6.42. The summed E-state index contributed by atoms with van der Waals surface area (Å²) in [5.41, 5.74) is 0.418. The minimum absolute atomic E-state index is 0.0495. The van der Waals surface area contributed by atoms with E-state index in [0.29, 0.717) is 25.1 Å². The quantitative estimate of drug-likeness (QED) is 0.379. The van der Waals surface area contributed by atoms with Crippen molar-refractivity contribution in [1.82, 2.24) is 10.3 Å². The number of rotatable bonds is 6. The van der Waals surface area contributed by atoms with Gasteiger partial charge in [-0.1, -0.05) is 23.2 Å². The van der Waals surface area contributed by atoms with Crippen molar-refractivity contribution < 1.29 is 9.53 Å². The Kier molecular flexibility index (Phi) is 7.02. The van der Waals surface area contributed by atoms with Crippen LogP contribution in [0.2, 0.25) is 10.2 Å². The number of nitrogens with zero attached hydrogens (tertiary/aromatic N) is 2. The number of ether oxygens (including phenoxy) is 1. The van der Waals surface area contributed by atoms with E-state index >= 15 is 0 Å². The minimum atomic E-state index is -0.465. The van der Waals surface area contributed by atoms with E-state index in [4.69, 9.17) is 33.2 Å². The van der Waals surface area contributed by atoms with Gasteiger partial charge in [-0.25, -0.2) is 4.98 Å². The van der Waals surface area contributed by atoms with Crippen molar-refractivity contribution in [1.29, 1.82) is 5.26 Å². The van der Waals surface area contributed by atoms with Gasteiger partial charge >= 0.3 is 0 Å². The second kappa shape index (κ2) is 8.54. The fraction of sp³-hybridized carbons (Fsp3) is 0.308. The highest BCUT2D eigenvalue weighted by Gasteiger charge is 2.10. The van der Waals surface area contributed by atoms with Crippen molar-refractivity contribution in [3.05, 3.63) is 33.6 Å². The maximum absolute atomic E-state index is 11.8. The summed E-state index contributed by atoms with van der Waals surface area (Å²) in [5, 5.41) is 12.0. The van der Waals surface area contributed by atoms with Crippen LogP contribution in [0.15, 0.2) is 17.8 Å². The van der Waals surface area contributed by atoms with Crippen LogP contribution in [-0.2, 0) is 9.53 Å². The Morgan fingerprint density at radius 1 is 1.60 bits per heavy atom. The lowest BCUT2D eigenvalue weighted by atomic mass is 10.1. The van der Waals surface area contributed by atoms with Crippen LogP contribution < -0.4 is 5.32 Å². The van der Waals surface area contributed by atoms with Crippen LogP contribution in [0.3, 0.4) is 0 Å². The summed E-state index contributed by atoms with van der Waals surface area (Å²) in [6, 6.07) is 3.41. The summed E-state index contributed by atoms with van der Waals surface area (Å²) in [4.78, 5) is 15.6. The van der Waals surface area contributed by atoms with Crippen LogP contribution in [0.5, 0.6) is 0 Å². The molecule has 106 valence electrons. The number of pyridine rings is 1. The summed E-state index contributed by atoms with van der Waals surface area (Å²) in [6.45, 7) is 0.966. The van der Waals surface area contributed by atoms with Crippen molar-refractivity contribution in [2.45, 2.75) is 6.42 Å². The molecule has 1 rings (SSSR count). The molecule has 7 heteroatoms. The highest BCUT2D eigenvalue weighted by Crippen LogP contribution is 2.25. The zero-order valence-corrected chi connectivity index (χ0v) is 12.3. The number of hydrogen-bond donors (Lipinski definition) is 1. The number of hydrogen-bond acceptors (Lipinski definition) is 4. The molecular formula is C13H13Cl2N3O2. The zero-order valence-electron chi connectivity index (χ0n) is 10.8. The van der Waals surface area contributed by atoms with E-state index in [1.165, 1.54) is 12.3 Å². The van der Waals surface area contributed by atoms with Gasteiger partial charge < -0.3 is 10.1 Å². The largest absolute Gasteiger partial charge is 0.385 e. The number of methoxy groups -OCH3 is 1. The summed E-state index contributed by atoms with van der Waals surface area (Å²) < 4.78 is 4.87. The van der Waals surface area contributed by atoms with Gasteiger partial charge in [0.05, 0.1) is 5.02 Å². The molecule has 20 heavy (non-hydrogen) atoms. The summed E-state index contributed by atoms with van der Waals surface area (Å²) in [6.07, 6.45) is 3.50. The van der Waals surface area contributed by atoms with E-state index in [1.807, 2.05) is 6.07 Å². The van der Waals surface area contributed by atoms with Gasteiger partial charge in [0.25, 0.3) is 5.91 Å². The van der Waals surface area contributed by atoms with Gasteiger partial charge in [0, 0.05) is 26.5 Å². The number of aromatic nitrogens is 1. The molecule has 0 aliphatic rings. The Hall–Kier alpha value is -1.61. The van der Waals surface area contributed by atoms with E-state index in [1.54, 1.807) is 13.2 Å². The molecule has 0 spiro atoms. The normalized spacial score (nSPS) is 11.0. The molecule has 0 fully saturated rings. The molecule has 0 saturated heterocycles. The third-order valence-corrected chi connectivity index (χ3v) is 3.13. The molecular weight excluding hydrogens is 301 g/mol. The monoisotopic (exact) mass is 313 g/mol. The van der Waals surface area contributed by atoms with Crippen molar-refractivity contribution >= 4 is 35.2 Å². The molecule has 0 bridgehead atoms. The van der Waals surface area contributed by atoms with E-state index in [0.717, 1.165) is 0 Å². The average molecular weight is 314 g/mol. The average Bonchev–Trinajstić information content (AvgIpc) is 2.45. The fourth-order valence-electron chi connectivity index (χ4n) is 1.36. The maximum atomic E-state index is 11.8. The minimum Gasteiger partial charge on any atom is -0.385 e. The SMILES string of the molecule is COCCCNC(=O)C(C#N)=Cc1ccnc(Cl)c1Cl. The topological polar surface area (TPSA) is 75.0 Å². The second-order valence-corrected chi connectivity index (χ2v) is 4.51. The number of amides is 1. The molecule has 1 N–H and O–H groups in total. The second-order valence-electron chi connectivity index (χ2n) is 3.78. The first-order chi connectivity index (χ1) is 9.60. The van der Waals surface area contributed by atoms with E-state index in [9.17, 15) is 4.79 Å². The Morgan fingerprint density at radius 3 is 3.00 bits per heavy atom. The fourth-order valence-corrected chi connectivity index (χ4v) is 1.69. The van der Waals surface area contributed by atoms with Gasteiger partial charge in [0.1, 0.15) is 16.8 Å². The van der Waals surface area contributed by atoms with Gasteiger partial charge in [-0.3, -0.25) is 4.79 Å². The number of carbonyl (C=O) groups is 1. The van der Waals surface area contributed by atoms with E-state index < -0.39 is 5.91 Å². The predicted molar refractivity (Wildman–Crippen MR) is 77.3 cm³/mol. The molecule has 0 aromatic carbocycles. The third-order valence-electron chi connectivity index (χ3n) is 2.35. The first kappa shape index (κ1) is 16.4. The van der Waals surface area contributed by atoms with Crippen molar-refractivity contribution in [2.75, 3.05) is 20.3 Å². The predicted octanol–water partition coefficient (Wildman–Crippen LogP) is 2.45. The molecule has 0 aliphatic heterocycles. The summed E-state index contributed by atoms with van der Waals surface area (Å²) >= 11 is 11.7. The van der Waals surface area contributed by atoms with Gasteiger partial charge in [0.15, 0.2) is 0 Å². The van der Waals surface area contributed by atoms with Crippen LogP contribution in [0.1, 0.15) is 12.0 Å². The Bertz CT molecular complexity index is 553. The zero-order chi connectivity index (χ0) is 15.0. The molecule has 5 nitrogen and oxygen atoms in total. The summed E-state index contributed by atoms with van der Waals surface area (Å²) in [7, 11) is 1.58. The summed E-state index contributed by atoms with van der Waals surface area (Å²) in [5.74, 6) is -0.465. The lowest BCUT2D eigenvalue weighted by Gasteiger charge is -2.04. The molecule has 1 aromatic heterocycles. The Labute approximate surface area is 127 Å². The van der Waals surface area contributed by atoms with Crippen LogP contribution in [0.4, 0.5) is 0 Å². The molecule has 0 unspecified atom stereocenters. The lowest BCUT2D eigenvalue weighted by molar-refractivity contribution is -0.117. The highest BCUT2D eigenvalue weighted by atomic mass is 35.5. The van der Waals surface area contributed by atoms with Crippen molar-refractivity contribution in [3.63, 3.8) is 0 Å². The van der Waals surface area contributed by atoms with Crippen molar-refractivity contribution in [2.24, 2.45) is 0 Å². The molecule has 1 aromatic rings.